The predicted molar refractivity (Wildman–Crippen MR) is 103 cm³/mol. The van der Waals surface area contributed by atoms with Crippen molar-refractivity contribution < 1.29 is 23.9 Å². The van der Waals surface area contributed by atoms with E-state index >= 15 is 0 Å². The van der Waals surface area contributed by atoms with Crippen molar-refractivity contribution in [3.63, 3.8) is 0 Å². The second-order valence-corrected chi connectivity index (χ2v) is 10.4. The quantitative estimate of drug-likeness (QED) is 0.665. The molecule has 8 atom stereocenters. The van der Waals surface area contributed by atoms with Gasteiger partial charge in [0.05, 0.1) is 0 Å². The van der Waals surface area contributed by atoms with Crippen molar-refractivity contribution in [1.82, 2.24) is 0 Å². The summed E-state index contributed by atoms with van der Waals surface area (Å²) in [6, 6.07) is 0. The van der Waals surface area contributed by atoms with E-state index in [0.29, 0.717) is 30.1 Å². The Morgan fingerprint density at radius 1 is 0.893 bits per heavy atom. The minimum absolute atomic E-state index is 0.0717. The van der Waals surface area contributed by atoms with Gasteiger partial charge in [0, 0.05) is 25.7 Å². The lowest BCUT2D eigenvalue weighted by Crippen LogP contribution is -2.55. The van der Waals surface area contributed by atoms with Crippen LogP contribution < -0.4 is 0 Å². The van der Waals surface area contributed by atoms with Gasteiger partial charge in [-0.05, 0) is 74.0 Å². The Labute approximate surface area is 167 Å². The highest BCUT2D eigenvalue weighted by Gasteiger charge is 2.63. The summed E-state index contributed by atoms with van der Waals surface area (Å²) in [5, 5.41) is 0. The van der Waals surface area contributed by atoms with Crippen LogP contribution >= 0.6 is 0 Å². The van der Waals surface area contributed by atoms with Crippen molar-refractivity contribution in [2.75, 3.05) is 0 Å². The van der Waals surface area contributed by atoms with E-state index in [4.69, 9.17) is 9.47 Å². The average molecular weight is 391 g/mol. The Kier molecular flexibility index (Phi) is 4.86. The Morgan fingerprint density at radius 2 is 1.57 bits per heavy atom. The van der Waals surface area contributed by atoms with Crippen LogP contribution in [0.1, 0.15) is 79.1 Å². The molecule has 28 heavy (non-hydrogen) atoms. The molecule has 0 aromatic carbocycles. The number of Topliss-reactive ketones (excluding diaryl/α,β-unsaturated/α-hetero) is 1. The summed E-state index contributed by atoms with van der Waals surface area (Å²) >= 11 is 0. The molecule has 156 valence electrons. The topological polar surface area (TPSA) is 69.7 Å². The first-order valence-electron chi connectivity index (χ1n) is 11.0. The Balaban J connectivity index is 1.54. The normalized spacial score (nSPS) is 47.5. The number of hydrogen-bond donors (Lipinski definition) is 0. The van der Waals surface area contributed by atoms with Crippen LogP contribution in [0.15, 0.2) is 0 Å². The molecule has 0 aromatic heterocycles. The van der Waals surface area contributed by atoms with Crippen molar-refractivity contribution in [1.29, 1.82) is 0 Å². The van der Waals surface area contributed by atoms with Gasteiger partial charge in [-0.3, -0.25) is 14.4 Å². The van der Waals surface area contributed by atoms with E-state index < -0.39 is 6.10 Å². The van der Waals surface area contributed by atoms with Gasteiger partial charge in [0.2, 0.25) is 0 Å². The molecule has 5 nitrogen and oxygen atoms in total. The zero-order valence-electron chi connectivity index (χ0n) is 17.7. The van der Waals surface area contributed by atoms with Gasteiger partial charge in [-0.15, -0.1) is 0 Å². The van der Waals surface area contributed by atoms with E-state index in [1.54, 1.807) is 0 Å². The summed E-state index contributed by atoms with van der Waals surface area (Å²) in [5.74, 6) is 1.68. The smallest absolute Gasteiger partial charge is 0.303 e. The average Bonchev–Trinajstić information content (AvgIpc) is 2.85. The maximum atomic E-state index is 12.7. The Bertz CT molecular complexity index is 686. The predicted octanol–water partition coefficient (Wildman–Crippen LogP) is 4.07. The highest BCUT2D eigenvalue weighted by Crippen LogP contribution is 2.66. The fraction of sp³-hybridized carbons (Fsp3) is 0.870. The fourth-order valence-corrected chi connectivity index (χ4v) is 7.68. The zero-order valence-corrected chi connectivity index (χ0v) is 17.7. The van der Waals surface area contributed by atoms with Crippen LogP contribution in [0, 0.1) is 34.5 Å². The number of carbonyl (C=O) groups is 3. The molecule has 0 amide bonds. The standard InChI is InChI=1S/C23H34O5/c1-13(24)27-16-7-9-22(3)15(11-16)5-6-17-18(22)8-10-23(4)19(17)12-20(26)21(23)28-14(2)25/h15-19,21H,5-12H2,1-4H3/t15-,16+,17+,18+,19-,21+,22-,23-/m0/s1. The molecule has 0 aliphatic heterocycles. The van der Waals surface area contributed by atoms with E-state index in [1.807, 2.05) is 0 Å². The third kappa shape index (κ3) is 3.00. The molecule has 4 rings (SSSR count). The molecular formula is C23H34O5. The van der Waals surface area contributed by atoms with Gasteiger partial charge in [0.15, 0.2) is 11.9 Å². The lowest BCUT2D eigenvalue weighted by Gasteiger charge is -2.60. The molecule has 0 spiro atoms. The highest BCUT2D eigenvalue weighted by atomic mass is 16.5. The van der Waals surface area contributed by atoms with Crippen molar-refractivity contribution in [2.24, 2.45) is 34.5 Å². The number of ketones is 1. The van der Waals surface area contributed by atoms with Gasteiger partial charge in [-0.1, -0.05) is 13.8 Å². The van der Waals surface area contributed by atoms with Crippen molar-refractivity contribution in [3.8, 4) is 0 Å². The summed E-state index contributed by atoms with van der Waals surface area (Å²) in [6.45, 7) is 7.53. The largest absolute Gasteiger partial charge is 0.463 e. The number of fused-ring (bicyclic) bond motifs is 5. The molecule has 0 radical (unpaired) electrons. The number of ether oxygens (including phenoxy) is 2. The molecule has 5 heteroatoms. The van der Waals surface area contributed by atoms with Gasteiger partial charge >= 0.3 is 11.9 Å². The number of esters is 2. The maximum absolute atomic E-state index is 12.7. The SMILES string of the molecule is CC(=O)O[C@@H]1CC[C@@]2(C)[C@@H](CC[C@@H]3[C@H]2CC[C@]2(C)[C@H](OC(C)=O)C(=O)C[C@@H]32)C1. The molecule has 0 unspecified atom stereocenters. The number of hydrogen-bond acceptors (Lipinski definition) is 5. The van der Waals surface area contributed by atoms with E-state index in [0.717, 1.165) is 44.9 Å². The lowest BCUT2D eigenvalue weighted by molar-refractivity contribution is -0.169. The molecular weight excluding hydrogens is 356 g/mol. The lowest BCUT2D eigenvalue weighted by atomic mass is 9.45. The van der Waals surface area contributed by atoms with Crippen LogP contribution in [-0.2, 0) is 23.9 Å². The first-order chi connectivity index (χ1) is 13.1. The molecule has 0 N–H and O–H groups in total. The van der Waals surface area contributed by atoms with Crippen molar-refractivity contribution in [2.45, 2.75) is 91.3 Å². The van der Waals surface area contributed by atoms with Gasteiger partial charge in [0.25, 0.3) is 0 Å². The van der Waals surface area contributed by atoms with Crippen LogP contribution in [0.25, 0.3) is 0 Å². The molecule has 0 saturated heterocycles. The molecule has 4 saturated carbocycles. The van der Waals surface area contributed by atoms with Crippen molar-refractivity contribution in [3.05, 3.63) is 0 Å². The highest BCUT2D eigenvalue weighted by molar-refractivity contribution is 5.89. The Morgan fingerprint density at radius 3 is 2.25 bits per heavy atom. The van der Waals surface area contributed by atoms with E-state index in [2.05, 4.69) is 13.8 Å². The summed E-state index contributed by atoms with van der Waals surface area (Å²) in [7, 11) is 0. The maximum Gasteiger partial charge on any atom is 0.303 e. The first-order valence-corrected chi connectivity index (χ1v) is 11.0. The third-order valence-corrected chi connectivity index (χ3v) is 8.98. The second-order valence-electron chi connectivity index (χ2n) is 10.4. The summed E-state index contributed by atoms with van der Waals surface area (Å²) in [5.41, 5.74) is 0.0610. The third-order valence-electron chi connectivity index (χ3n) is 8.98. The minimum Gasteiger partial charge on any atom is -0.463 e. The van der Waals surface area contributed by atoms with Gasteiger partial charge in [-0.2, -0.15) is 0 Å². The number of carbonyl (C=O) groups excluding carboxylic acids is 3. The van der Waals surface area contributed by atoms with Crippen LogP contribution in [0.4, 0.5) is 0 Å². The first kappa shape index (κ1) is 19.9. The molecule has 4 aliphatic rings. The van der Waals surface area contributed by atoms with Crippen molar-refractivity contribution >= 4 is 17.7 Å². The Hall–Kier alpha value is -1.39. The van der Waals surface area contributed by atoms with Gasteiger partial charge in [-0.25, -0.2) is 0 Å². The van der Waals surface area contributed by atoms with E-state index in [9.17, 15) is 14.4 Å². The second kappa shape index (κ2) is 6.84. The van der Waals surface area contributed by atoms with E-state index in [-0.39, 0.29) is 34.7 Å². The van der Waals surface area contributed by atoms with Crippen LogP contribution in [0.5, 0.6) is 0 Å². The zero-order chi connectivity index (χ0) is 20.3. The van der Waals surface area contributed by atoms with Gasteiger partial charge < -0.3 is 9.47 Å². The monoisotopic (exact) mass is 390 g/mol. The summed E-state index contributed by atoms with van der Waals surface area (Å²) < 4.78 is 11.1. The summed E-state index contributed by atoms with van der Waals surface area (Å²) in [6.07, 6.45) is 7.46. The molecule has 0 heterocycles. The number of rotatable bonds is 2. The summed E-state index contributed by atoms with van der Waals surface area (Å²) in [4.78, 5) is 35.7. The van der Waals surface area contributed by atoms with Gasteiger partial charge in [0.1, 0.15) is 6.10 Å². The minimum atomic E-state index is -0.554. The van der Waals surface area contributed by atoms with Crippen LogP contribution in [0.2, 0.25) is 0 Å². The van der Waals surface area contributed by atoms with Crippen LogP contribution in [0.3, 0.4) is 0 Å². The van der Waals surface area contributed by atoms with E-state index in [1.165, 1.54) is 13.8 Å². The van der Waals surface area contributed by atoms with Crippen LogP contribution in [-0.4, -0.2) is 29.9 Å². The molecule has 0 bridgehead atoms. The fourth-order valence-electron chi connectivity index (χ4n) is 7.68. The molecule has 4 fully saturated rings. The molecule has 4 aliphatic carbocycles. The molecule has 0 aromatic rings.